The normalized spacial score (nSPS) is 29.3. The van der Waals surface area contributed by atoms with Crippen molar-refractivity contribution < 1.29 is 43.1 Å². The highest BCUT2D eigenvalue weighted by molar-refractivity contribution is 8.00. The van der Waals surface area contributed by atoms with E-state index in [2.05, 4.69) is 15.6 Å². The molecule has 0 saturated carbocycles. The van der Waals surface area contributed by atoms with Gasteiger partial charge >= 0.3 is 0 Å². The van der Waals surface area contributed by atoms with Crippen LogP contribution in [0, 0.1) is 17.5 Å². The van der Waals surface area contributed by atoms with Crippen LogP contribution in [-0.2, 0) is 9.47 Å². The third kappa shape index (κ3) is 5.45. The van der Waals surface area contributed by atoms with Gasteiger partial charge in [-0.05, 0) is 39.8 Å². The van der Waals surface area contributed by atoms with Crippen molar-refractivity contribution in [3.8, 4) is 11.3 Å². The van der Waals surface area contributed by atoms with Crippen molar-refractivity contribution in [3.63, 3.8) is 0 Å². The summed E-state index contributed by atoms with van der Waals surface area (Å²) in [7, 11) is 0. The first-order chi connectivity index (χ1) is 17.3. The lowest BCUT2D eigenvalue weighted by molar-refractivity contribution is -0.178. The van der Waals surface area contributed by atoms with Crippen molar-refractivity contribution >= 4 is 11.8 Å². The number of rotatable bonds is 7. The summed E-state index contributed by atoms with van der Waals surface area (Å²) in [4.78, 5) is 0. The minimum atomic E-state index is -1.62. The molecule has 4 rings (SSSR count). The second-order valence-corrected chi connectivity index (χ2v) is 10.8. The molecule has 14 heteroatoms. The Morgan fingerprint density at radius 1 is 1.19 bits per heavy atom. The average Bonchev–Trinajstić information content (AvgIpc) is 3.42. The fourth-order valence-electron chi connectivity index (χ4n) is 4.41. The molecule has 0 spiro atoms. The first kappa shape index (κ1) is 27.7. The van der Waals surface area contributed by atoms with Crippen LogP contribution in [0.15, 0.2) is 29.8 Å². The van der Waals surface area contributed by atoms with Crippen molar-refractivity contribution in [2.45, 2.75) is 74.6 Å². The van der Waals surface area contributed by atoms with Crippen molar-refractivity contribution in [1.82, 2.24) is 20.3 Å². The van der Waals surface area contributed by atoms with E-state index in [4.69, 9.17) is 9.47 Å². The number of hydrogen-bond acceptors (Lipinski definition) is 10. The largest absolute Gasteiger partial charge is 0.474 e. The van der Waals surface area contributed by atoms with E-state index in [1.165, 1.54) is 6.20 Å². The van der Waals surface area contributed by atoms with Crippen molar-refractivity contribution in [2.75, 3.05) is 6.61 Å². The maximum absolute atomic E-state index is 13.7. The maximum Gasteiger partial charge on any atom is 0.194 e. The lowest BCUT2D eigenvalue weighted by Gasteiger charge is -2.44. The number of allylic oxidation sites excluding steroid dienone is 1. The number of hydrogen-bond donors (Lipinski definition) is 5. The second kappa shape index (κ2) is 10.4. The van der Waals surface area contributed by atoms with Crippen LogP contribution >= 0.6 is 11.8 Å². The van der Waals surface area contributed by atoms with E-state index in [1.807, 2.05) is 0 Å². The highest BCUT2D eigenvalue weighted by Crippen LogP contribution is 2.42. The minimum Gasteiger partial charge on any atom is -0.474 e. The van der Waals surface area contributed by atoms with Crippen LogP contribution in [0.2, 0.25) is 0 Å². The number of halogens is 3. The number of thioether (sulfide) groups is 1. The SMILES string of the molecule is CC1=C([C@@H](S[C@@H]2O[C@H](CO)[C@H](O)[C@H](n3cc(-c4cc(F)c(F)c(F)c4)nn3)[C@H]2O)C(C)(C)O)N[C@@H](C)O1. The van der Waals surface area contributed by atoms with E-state index < -0.39 is 64.7 Å². The van der Waals surface area contributed by atoms with Gasteiger partial charge in [0.1, 0.15) is 41.2 Å². The number of nitrogens with one attached hydrogen (secondary N) is 1. The topological polar surface area (TPSA) is 142 Å². The van der Waals surface area contributed by atoms with Gasteiger partial charge in [-0.1, -0.05) is 5.21 Å². The van der Waals surface area contributed by atoms with Crippen molar-refractivity contribution in [3.05, 3.63) is 47.2 Å². The van der Waals surface area contributed by atoms with Gasteiger partial charge in [0, 0.05) is 5.56 Å². The molecule has 5 N–H and O–H groups in total. The first-order valence-electron chi connectivity index (χ1n) is 11.5. The summed E-state index contributed by atoms with van der Waals surface area (Å²) in [6, 6.07) is 0.310. The molecule has 204 valence electrons. The monoisotopic (exact) mass is 546 g/mol. The fourth-order valence-corrected chi connectivity index (χ4v) is 5.91. The summed E-state index contributed by atoms with van der Waals surface area (Å²) in [6.07, 6.45) is -3.10. The van der Waals surface area contributed by atoms with E-state index in [0.29, 0.717) is 11.5 Å². The molecular weight excluding hydrogens is 517 g/mol. The predicted octanol–water partition coefficient (Wildman–Crippen LogP) is 1.41. The van der Waals surface area contributed by atoms with Gasteiger partial charge in [-0.15, -0.1) is 16.9 Å². The molecule has 1 fully saturated rings. The zero-order chi connectivity index (χ0) is 27.2. The second-order valence-electron chi connectivity index (χ2n) is 9.58. The summed E-state index contributed by atoms with van der Waals surface area (Å²) < 4.78 is 53.4. The third-order valence-corrected chi connectivity index (χ3v) is 7.95. The van der Waals surface area contributed by atoms with Gasteiger partial charge in [-0.25, -0.2) is 17.9 Å². The third-order valence-electron chi connectivity index (χ3n) is 6.21. The Balaban J connectivity index is 1.65. The summed E-state index contributed by atoms with van der Waals surface area (Å²) in [5, 5.41) is 53.1. The molecule has 37 heavy (non-hydrogen) atoms. The molecule has 0 unspecified atom stereocenters. The number of ether oxygens (including phenoxy) is 2. The zero-order valence-electron chi connectivity index (χ0n) is 20.5. The van der Waals surface area contributed by atoms with Gasteiger partial charge in [0.2, 0.25) is 0 Å². The van der Waals surface area contributed by atoms with Crippen LogP contribution in [0.5, 0.6) is 0 Å². The maximum atomic E-state index is 13.7. The first-order valence-corrected chi connectivity index (χ1v) is 12.5. The van der Waals surface area contributed by atoms with Crippen LogP contribution < -0.4 is 5.32 Å². The van der Waals surface area contributed by atoms with Gasteiger partial charge in [0.25, 0.3) is 0 Å². The lowest BCUT2D eigenvalue weighted by atomic mass is 9.97. The highest BCUT2D eigenvalue weighted by atomic mass is 32.2. The van der Waals surface area contributed by atoms with Crippen LogP contribution in [0.4, 0.5) is 13.2 Å². The molecule has 2 aliphatic rings. The molecule has 2 aromatic rings. The molecule has 10 nitrogen and oxygen atoms in total. The Morgan fingerprint density at radius 2 is 1.84 bits per heavy atom. The lowest BCUT2D eigenvalue weighted by Crippen LogP contribution is -2.56. The van der Waals surface area contributed by atoms with Crippen LogP contribution in [-0.4, -0.2) is 82.9 Å². The summed E-state index contributed by atoms with van der Waals surface area (Å²) >= 11 is 1.06. The molecule has 0 radical (unpaired) electrons. The summed E-state index contributed by atoms with van der Waals surface area (Å²) in [5.74, 6) is -3.88. The summed E-state index contributed by atoms with van der Waals surface area (Å²) in [6.45, 7) is 6.12. The molecule has 2 aliphatic heterocycles. The fraction of sp³-hybridized carbons (Fsp3) is 0.565. The Hall–Kier alpha value is -2.36. The number of aliphatic hydroxyl groups excluding tert-OH is 3. The van der Waals surface area contributed by atoms with Gasteiger partial charge in [-0.3, -0.25) is 0 Å². The van der Waals surface area contributed by atoms with E-state index in [-0.39, 0.29) is 17.5 Å². The molecular formula is C23H29F3N4O6S. The van der Waals surface area contributed by atoms with Gasteiger partial charge < -0.3 is 35.2 Å². The molecule has 1 aromatic carbocycles. The van der Waals surface area contributed by atoms with Gasteiger partial charge in [-0.2, -0.15) is 0 Å². The molecule has 0 amide bonds. The zero-order valence-corrected chi connectivity index (χ0v) is 21.3. The number of benzene rings is 1. The summed E-state index contributed by atoms with van der Waals surface area (Å²) in [5.41, 5.74) is -1.90. The van der Waals surface area contributed by atoms with E-state index in [9.17, 15) is 33.6 Å². The van der Waals surface area contributed by atoms with E-state index >= 15 is 0 Å². The quantitative estimate of drug-likeness (QED) is 0.324. The Bertz CT molecular complexity index is 1150. The molecule has 1 saturated heterocycles. The average molecular weight is 547 g/mol. The van der Waals surface area contributed by atoms with Crippen LogP contribution in [0.1, 0.15) is 33.7 Å². The van der Waals surface area contributed by atoms with Crippen LogP contribution in [0.3, 0.4) is 0 Å². The molecule has 0 bridgehead atoms. The van der Waals surface area contributed by atoms with Crippen molar-refractivity contribution in [2.24, 2.45) is 0 Å². The predicted molar refractivity (Wildman–Crippen MR) is 126 cm³/mol. The van der Waals surface area contributed by atoms with E-state index in [1.54, 1.807) is 27.7 Å². The number of aliphatic hydroxyl groups is 4. The smallest absolute Gasteiger partial charge is 0.194 e. The Kier molecular flexibility index (Phi) is 7.79. The molecule has 0 aliphatic carbocycles. The van der Waals surface area contributed by atoms with Crippen LogP contribution in [0.25, 0.3) is 11.3 Å². The Morgan fingerprint density at radius 3 is 2.38 bits per heavy atom. The molecule has 1 aromatic heterocycles. The Labute approximate surface area is 215 Å². The molecule has 7 atom stereocenters. The molecule has 3 heterocycles. The van der Waals surface area contributed by atoms with Gasteiger partial charge in [0.05, 0.1) is 29.4 Å². The van der Waals surface area contributed by atoms with E-state index in [0.717, 1.165) is 28.6 Å². The number of aromatic nitrogens is 3. The van der Waals surface area contributed by atoms with Gasteiger partial charge in [0.15, 0.2) is 23.7 Å². The standard InChI is InChI=1S/C23H29F3N4O6S/c1-9-17(27-10(2)35-9)21(23(3,4)34)37-22-20(33)18(19(32)15(8-31)36-22)30-7-14(28-29-30)11-5-12(24)16(26)13(25)6-11/h5-7,10,15,18-22,27,31-34H,8H2,1-4H3/t10-,15-,18+,19+,20-,21-,22+/m1/s1. The number of nitrogens with zero attached hydrogens (tertiary/aromatic N) is 3. The van der Waals surface area contributed by atoms with Crippen molar-refractivity contribution in [1.29, 1.82) is 0 Å². The minimum absolute atomic E-state index is 0.0371. The highest BCUT2D eigenvalue weighted by Gasteiger charge is 2.49.